The van der Waals surface area contributed by atoms with Crippen LogP contribution in [-0.4, -0.2) is 29.5 Å². The van der Waals surface area contributed by atoms with Gasteiger partial charge < -0.3 is 14.6 Å². The lowest BCUT2D eigenvalue weighted by Gasteiger charge is -2.23. The summed E-state index contributed by atoms with van der Waals surface area (Å²) >= 11 is 0. The Balaban J connectivity index is 2.01. The average Bonchev–Trinajstić information content (AvgIpc) is 3.03. The number of benzene rings is 1. The zero-order valence-corrected chi connectivity index (χ0v) is 14.5. The van der Waals surface area contributed by atoms with Crippen molar-refractivity contribution in [1.29, 1.82) is 0 Å². The first kappa shape index (κ1) is 16.3. The number of fused-ring (bicyclic) bond motifs is 1. The van der Waals surface area contributed by atoms with Gasteiger partial charge in [0.25, 0.3) is 5.91 Å². The lowest BCUT2D eigenvalue weighted by molar-refractivity contribution is 0.0519. The van der Waals surface area contributed by atoms with Crippen molar-refractivity contribution in [2.24, 2.45) is 0 Å². The van der Waals surface area contributed by atoms with Crippen LogP contribution < -0.4 is 4.90 Å². The van der Waals surface area contributed by atoms with Gasteiger partial charge in [-0.15, -0.1) is 0 Å². The number of aryl methyl sites for hydroxylation is 1. The molecule has 126 valence electrons. The second kappa shape index (κ2) is 6.15. The van der Waals surface area contributed by atoms with Gasteiger partial charge in [-0.05, 0) is 51.3 Å². The van der Waals surface area contributed by atoms with Gasteiger partial charge >= 0.3 is 5.97 Å². The minimum atomic E-state index is -0.424. The van der Waals surface area contributed by atoms with E-state index >= 15 is 0 Å². The number of hydrogen-bond donors (Lipinski definition) is 1. The van der Waals surface area contributed by atoms with E-state index in [0.29, 0.717) is 29.1 Å². The van der Waals surface area contributed by atoms with Gasteiger partial charge in [-0.3, -0.25) is 4.79 Å². The molecule has 1 unspecified atom stereocenters. The van der Waals surface area contributed by atoms with Gasteiger partial charge in [0.15, 0.2) is 0 Å². The number of nitrogens with zero attached hydrogens (tertiary/aromatic N) is 1. The molecule has 0 bridgehead atoms. The van der Waals surface area contributed by atoms with Crippen LogP contribution in [0.25, 0.3) is 0 Å². The fourth-order valence-electron chi connectivity index (χ4n) is 3.47. The fourth-order valence-corrected chi connectivity index (χ4v) is 3.47. The predicted octanol–water partition coefficient (Wildman–Crippen LogP) is 3.40. The first-order chi connectivity index (χ1) is 11.5. The third-order valence-corrected chi connectivity index (χ3v) is 4.56. The molecule has 3 rings (SSSR count). The minimum absolute atomic E-state index is 0.0748. The number of aromatic amines is 1. The summed E-state index contributed by atoms with van der Waals surface area (Å²) in [7, 11) is 0. The SMILES string of the molecule is CCOC(=O)c1[nH]c(C)c(C(=O)N2c3ccccc3CC2C)c1C. The van der Waals surface area contributed by atoms with Crippen LogP contribution in [0.4, 0.5) is 5.69 Å². The molecule has 1 atom stereocenters. The first-order valence-electron chi connectivity index (χ1n) is 8.23. The Morgan fingerprint density at radius 3 is 2.71 bits per heavy atom. The number of carbonyl (C=O) groups excluding carboxylic acids is 2. The van der Waals surface area contributed by atoms with Crippen molar-refractivity contribution < 1.29 is 14.3 Å². The van der Waals surface area contributed by atoms with Crippen LogP contribution >= 0.6 is 0 Å². The minimum Gasteiger partial charge on any atom is -0.461 e. The molecule has 1 aromatic heterocycles. The van der Waals surface area contributed by atoms with Gasteiger partial charge in [0.1, 0.15) is 5.69 Å². The van der Waals surface area contributed by atoms with Crippen molar-refractivity contribution in [3.63, 3.8) is 0 Å². The normalized spacial score (nSPS) is 16.2. The lowest BCUT2D eigenvalue weighted by atomic mass is 10.1. The summed E-state index contributed by atoms with van der Waals surface area (Å²) in [4.78, 5) is 30.1. The highest BCUT2D eigenvalue weighted by Crippen LogP contribution is 2.34. The molecule has 1 aliphatic rings. The maximum atomic E-state index is 13.2. The van der Waals surface area contributed by atoms with Gasteiger partial charge in [0.05, 0.1) is 12.2 Å². The molecule has 0 spiro atoms. The summed E-state index contributed by atoms with van der Waals surface area (Å²) in [6, 6.07) is 8.05. The predicted molar refractivity (Wildman–Crippen MR) is 92.6 cm³/mol. The van der Waals surface area contributed by atoms with Gasteiger partial charge in [-0.2, -0.15) is 0 Å². The summed E-state index contributed by atoms with van der Waals surface area (Å²) in [5.41, 5.74) is 4.38. The van der Waals surface area contributed by atoms with Crippen molar-refractivity contribution in [1.82, 2.24) is 4.98 Å². The largest absolute Gasteiger partial charge is 0.461 e. The van der Waals surface area contributed by atoms with Gasteiger partial charge in [0.2, 0.25) is 0 Å². The molecule has 5 heteroatoms. The molecular formula is C19H22N2O3. The van der Waals surface area contributed by atoms with Crippen molar-refractivity contribution >= 4 is 17.6 Å². The zero-order valence-electron chi connectivity index (χ0n) is 14.5. The van der Waals surface area contributed by atoms with E-state index < -0.39 is 5.97 Å². The van der Waals surface area contributed by atoms with E-state index in [1.54, 1.807) is 13.8 Å². The summed E-state index contributed by atoms with van der Waals surface area (Å²) in [5, 5.41) is 0. The van der Waals surface area contributed by atoms with Crippen LogP contribution in [0.5, 0.6) is 0 Å². The molecule has 2 heterocycles. The second-order valence-corrected chi connectivity index (χ2v) is 6.20. The molecule has 0 fully saturated rings. The Labute approximate surface area is 141 Å². The molecule has 2 aromatic rings. The number of anilines is 1. The summed E-state index contributed by atoms with van der Waals surface area (Å²) < 4.78 is 5.06. The highest BCUT2D eigenvalue weighted by molar-refractivity contribution is 6.11. The maximum Gasteiger partial charge on any atom is 0.355 e. The topological polar surface area (TPSA) is 62.4 Å². The Kier molecular flexibility index (Phi) is 4.18. The van der Waals surface area contributed by atoms with E-state index in [0.717, 1.165) is 12.1 Å². The number of para-hydroxylation sites is 1. The molecule has 5 nitrogen and oxygen atoms in total. The molecule has 1 N–H and O–H groups in total. The molecule has 0 saturated heterocycles. The Hall–Kier alpha value is -2.56. The quantitative estimate of drug-likeness (QED) is 0.879. The van der Waals surface area contributed by atoms with Crippen molar-refractivity contribution in [2.45, 2.75) is 40.2 Å². The van der Waals surface area contributed by atoms with E-state index in [9.17, 15) is 9.59 Å². The number of nitrogens with one attached hydrogen (secondary N) is 1. The number of H-pyrrole nitrogens is 1. The number of carbonyl (C=O) groups is 2. The van der Waals surface area contributed by atoms with Crippen LogP contribution in [0, 0.1) is 13.8 Å². The third kappa shape index (κ3) is 2.50. The van der Waals surface area contributed by atoms with Gasteiger partial charge in [0, 0.05) is 17.4 Å². The standard InChI is InChI=1S/C19H22N2O3/c1-5-24-19(23)17-12(3)16(13(4)20-17)18(22)21-11(2)10-14-8-6-7-9-15(14)21/h6-9,11,20H,5,10H2,1-4H3. The van der Waals surface area contributed by atoms with Crippen LogP contribution in [0.3, 0.4) is 0 Å². The lowest BCUT2D eigenvalue weighted by Crippen LogP contribution is -2.36. The van der Waals surface area contributed by atoms with E-state index in [1.807, 2.05) is 36.9 Å². The fraction of sp³-hybridized carbons (Fsp3) is 0.368. The summed E-state index contributed by atoms with van der Waals surface area (Å²) in [5.74, 6) is -0.499. The molecular weight excluding hydrogens is 304 g/mol. The maximum absolute atomic E-state index is 13.2. The van der Waals surface area contributed by atoms with Crippen LogP contribution in [0.2, 0.25) is 0 Å². The number of hydrogen-bond acceptors (Lipinski definition) is 3. The number of ether oxygens (including phenoxy) is 1. The molecule has 0 saturated carbocycles. The molecule has 1 aliphatic heterocycles. The molecule has 24 heavy (non-hydrogen) atoms. The average molecular weight is 326 g/mol. The smallest absolute Gasteiger partial charge is 0.355 e. The summed E-state index contributed by atoms with van der Waals surface area (Å²) in [6.45, 7) is 7.71. The zero-order chi connectivity index (χ0) is 17.4. The Bertz CT molecular complexity index is 807. The number of rotatable bonds is 3. The van der Waals surface area contributed by atoms with Crippen LogP contribution in [-0.2, 0) is 11.2 Å². The molecule has 1 amide bonds. The molecule has 0 radical (unpaired) electrons. The Morgan fingerprint density at radius 2 is 2.00 bits per heavy atom. The van der Waals surface area contributed by atoms with Crippen LogP contribution in [0.15, 0.2) is 24.3 Å². The Morgan fingerprint density at radius 1 is 1.29 bits per heavy atom. The number of amides is 1. The molecule has 0 aliphatic carbocycles. The van der Waals surface area contributed by atoms with E-state index in [1.165, 1.54) is 5.56 Å². The van der Waals surface area contributed by atoms with E-state index in [-0.39, 0.29) is 11.9 Å². The van der Waals surface area contributed by atoms with E-state index in [4.69, 9.17) is 4.74 Å². The van der Waals surface area contributed by atoms with Crippen molar-refractivity contribution in [3.8, 4) is 0 Å². The van der Waals surface area contributed by atoms with Gasteiger partial charge in [-0.25, -0.2) is 4.79 Å². The monoisotopic (exact) mass is 326 g/mol. The first-order valence-corrected chi connectivity index (χ1v) is 8.23. The summed E-state index contributed by atoms with van der Waals surface area (Å²) in [6.07, 6.45) is 0.842. The van der Waals surface area contributed by atoms with Crippen LogP contribution in [0.1, 0.15) is 51.5 Å². The van der Waals surface area contributed by atoms with Crippen molar-refractivity contribution in [3.05, 3.63) is 52.3 Å². The third-order valence-electron chi connectivity index (χ3n) is 4.56. The van der Waals surface area contributed by atoms with Gasteiger partial charge in [-0.1, -0.05) is 18.2 Å². The number of aromatic nitrogens is 1. The highest BCUT2D eigenvalue weighted by atomic mass is 16.5. The number of esters is 1. The highest BCUT2D eigenvalue weighted by Gasteiger charge is 2.34. The molecule has 1 aromatic carbocycles. The van der Waals surface area contributed by atoms with E-state index in [2.05, 4.69) is 11.1 Å². The van der Waals surface area contributed by atoms with Crippen molar-refractivity contribution in [2.75, 3.05) is 11.5 Å². The second-order valence-electron chi connectivity index (χ2n) is 6.20.